The molecule has 1 aromatic heterocycles. The summed E-state index contributed by atoms with van der Waals surface area (Å²) >= 11 is 13.5. The van der Waals surface area contributed by atoms with Gasteiger partial charge >= 0.3 is 0 Å². The lowest BCUT2D eigenvalue weighted by molar-refractivity contribution is 0.306. The molecule has 0 saturated heterocycles. The van der Waals surface area contributed by atoms with E-state index in [1.807, 2.05) is 35.7 Å². The van der Waals surface area contributed by atoms with Crippen molar-refractivity contribution in [3.63, 3.8) is 0 Å². The zero-order valence-electron chi connectivity index (χ0n) is 16.7. The van der Waals surface area contributed by atoms with Crippen molar-refractivity contribution in [2.75, 3.05) is 5.43 Å². The van der Waals surface area contributed by atoms with Crippen LogP contribution in [0.25, 0.3) is 11.3 Å². The van der Waals surface area contributed by atoms with Crippen LogP contribution in [-0.2, 0) is 6.61 Å². The molecule has 0 aliphatic heterocycles. The van der Waals surface area contributed by atoms with E-state index in [-0.39, 0.29) is 0 Å². The van der Waals surface area contributed by atoms with Crippen molar-refractivity contribution >= 4 is 45.9 Å². The van der Waals surface area contributed by atoms with Crippen LogP contribution < -0.4 is 10.2 Å². The standard InChI is InChI=1S/C24H19Cl2N3OS/c1-16-2-7-19(8-3-16)23-15-31-24(28-23)29-27-13-17-4-9-20(10-5-17)30-14-18-6-11-21(25)22(26)12-18/h2-13,15H,14H2,1H3,(H,28,29)/b27-13-. The largest absolute Gasteiger partial charge is 0.489 e. The normalized spacial score (nSPS) is 11.1. The summed E-state index contributed by atoms with van der Waals surface area (Å²) in [6.07, 6.45) is 1.75. The van der Waals surface area contributed by atoms with Crippen LogP contribution in [0.4, 0.5) is 5.13 Å². The van der Waals surface area contributed by atoms with Crippen LogP contribution in [0.3, 0.4) is 0 Å². The van der Waals surface area contributed by atoms with Crippen LogP contribution in [0.2, 0.25) is 10.0 Å². The van der Waals surface area contributed by atoms with Gasteiger partial charge in [0.2, 0.25) is 5.13 Å². The Morgan fingerprint density at radius 2 is 1.77 bits per heavy atom. The number of halogens is 2. The van der Waals surface area contributed by atoms with Crippen molar-refractivity contribution < 1.29 is 4.74 Å². The number of nitrogens with one attached hydrogen (secondary N) is 1. The summed E-state index contributed by atoms with van der Waals surface area (Å²) in [6, 6.07) is 21.4. The van der Waals surface area contributed by atoms with Gasteiger partial charge in [0.25, 0.3) is 0 Å². The van der Waals surface area contributed by atoms with E-state index in [0.717, 1.165) is 33.3 Å². The lowest BCUT2D eigenvalue weighted by atomic mass is 10.1. The fraction of sp³-hybridized carbons (Fsp3) is 0.0833. The fourth-order valence-corrected chi connectivity index (χ4v) is 3.78. The Kier molecular flexibility index (Phi) is 6.87. The van der Waals surface area contributed by atoms with Gasteiger partial charge in [0.05, 0.1) is 22.0 Å². The van der Waals surface area contributed by atoms with Crippen LogP contribution in [0.1, 0.15) is 16.7 Å². The third-order valence-corrected chi connectivity index (χ3v) is 5.98. The smallest absolute Gasteiger partial charge is 0.203 e. The van der Waals surface area contributed by atoms with Crippen LogP contribution >= 0.6 is 34.5 Å². The molecule has 0 amide bonds. The topological polar surface area (TPSA) is 46.5 Å². The summed E-state index contributed by atoms with van der Waals surface area (Å²) in [5.41, 5.74) is 8.15. The average molecular weight is 468 g/mol. The Balaban J connectivity index is 1.30. The maximum Gasteiger partial charge on any atom is 0.203 e. The molecule has 4 rings (SSSR count). The first-order valence-electron chi connectivity index (χ1n) is 9.55. The van der Waals surface area contributed by atoms with Crippen molar-refractivity contribution in [3.8, 4) is 17.0 Å². The zero-order valence-corrected chi connectivity index (χ0v) is 19.0. The SMILES string of the molecule is Cc1ccc(-c2csc(N/N=C\c3ccc(OCc4ccc(Cl)c(Cl)c4)cc3)n2)cc1. The van der Waals surface area contributed by atoms with E-state index in [1.165, 1.54) is 16.9 Å². The van der Waals surface area contributed by atoms with E-state index in [4.69, 9.17) is 27.9 Å². The first-order chi connectivity index (χ1) is 15.1. The van der Waals surface area contributed by atoms with Gasteiger partial charge in [-0.1, -0.05) is 59.1 Å². The number of rotatable bonds is 7. The van der Waals surface area contributed by atoms with Crippen LogP contribution in [0.15, 0.2) is 77.2 Å². The molecular weight excluding hydrogens is 449 g/mol. The minimum Gasteiger partial charge on any atom is -0.489 e. The number of hydrogen-bond acceptors (Lipinski definition) is 5. The second kappa shape index (κ2) is 9.96. The highest BCUT2D eigenvalue weighted by atomic mass is 35.5. The van der Waals surface area contributed by atoms with E-state index in [2.05, 4.69) is 46.7 Å². The molecule has 0 spiro atoms. The number of aryl methyl sites for hydroxylation is 1. The number of aromatic nitrogens is 1. The van der Waals surface area contributed by atoms with Gasteiger partial charge in [0.15, 0.2) is 0 Å². The van der Waals surface area contributed by atoms with E-state index in [0.29, 0.717) is 16.7 Å². The zero-order chi connectivity index (χ0) is 21.6. The highest BCUT2D eigenvalue weighted by Crippen LogP contribution is 2.25. The first-order valence-corrected chi connectivity index (χ1v) is 11.2. The van der Waals surface area contributed by atoms with E-state index >= 15 is 0 Å². The van der Waals surface area contributed by atoms with Crippen LogP contribution in [0.5, 0.6) is 5.75 Å². The van der Waals surface area contributed by atoms with Crippen molar-refractivity contribution in [3.05, 3.63) is 98.8 Å². The number of ether oxygens (including phenoxy) is 1. The summed E-state index contributed by atoms with van der Waals surface area (Å²) in [6.45, 7) is 2.49. The molecule has 0 fully saturated rings. The number of benzene rings is 3. The van der Waals surface area contributed by atoms with E-state index in [1.54, 1.807) is 18.3 Å². The number of nitrogens with zero attached hydrogens (tertiary/aromatic N) is 2. The van der Waals surface area contributed by atoms with Crippen molar-refractivity contribution in [1.82, 2.24) is 4.98 Å². The van der Waals surface area contributed by atoms with Gasteiger partial charge in [-0.25, -0.2) is 4.98 Å². The van der Waals surface area contributed by atoms with Crippen LogP contribution in [-0.4, -0.2) is 11.2 Å². The number of hydrogen-bond donors (Lipinski definition) is 1. The summed E-state index contributed by atoms with van der Waals surface area (Å²) < 4.78 is 5.80. The Bertz CT molecular complexity index is 1190. The molecule has 0 saturated carbocycles. The molecular formula is C24H19Cl2N3OS. The maximum atomic E-state index is 6.04. The first kappa shape index (κ1) is 21.4. The minimum atomic E-state index is 0.416. The molecule has 0 atom stereocenters. The van der Waals surface area contributed by atoms with E-state index in [9.17, 15) is 0 Å². The second-order valence-corrected chi connectivity index (χ2v) is 8.55. The van der Waals surface area contributed by atoms with Crippen molar-refractivity contribution in [1.29, 1.82) is 0 Å². The molecule has 0 radical (unpaired) electrons. The summed E-state index contributed by atoms with van der Waals surface area (Å²) in [4.78, 5) is 4.58. The molecule has 0 unspecified atom stereocenters. The van der Waals surface area contributed by atoms with Crippen LogP contribution in [0, 0.1) is 6.92 Å². The quantitative estimate of drug-likeness (QED) is 0.226. The summed E-state index contributed by atoms with van der Waals surface area (Å²) in [7, 11) is 0. The van der Waals surface area contributed by atoms with Gasteiger partial charge < -0.3 is 4.74 Å². The molecule has 4 aromatic rings. The Hall–Kier alpha value is -2.86. The van der Waals surface area contributed by atoms with E-state index < -0.39 is 0 Å². The summed E-state index contributed by atoms with van der Waals surface area (Å²) in [5.74, 6) is 0.763. The highest BCUT2D eigenvalue weighted by molar-refractivity contribution is 7.14. The van der Waals surface area contributed by atoms with Gasteiger partial charge in [0.1, 0.15) is 12.4 Å². The molecule has 0 aliphatic carbocycles. The fourth-order valence-electron chi connectivity index (χ4n) is 2.79. The van der Waals surface area contributed by atoms with Gasteiger partial charge in [0, 0.05) is 10.9 Å². The molecule has 0 bridgehead atoms. The molecule has 1 heterocycles. The molecule has 1 N–H and O–H groups in total. The molecule has 4 nitrogen and oxygen atoms in total. The summed E-state index contributed by atoms with van der Waals surface area (Å²) in [5, 5.41) is 8.09. The number of hydrazone groups is 1. The average Bonchev–Trinajstić information content (AvgIpc) is 3.25. The number of anilines is 1. The lowest BCUT2D eigenvalue weighted by Gasteiger charge is -2.07. The Morgan fingerprint density at radius 1 is 1.00 bits per heavy atom. The predicted molar refractivity (Wildman–Crippen MR) is 131 cm³/mol. The third kappa shape index (κ3) is 5.85. The Labute approximate surface area is 195 Å². The number of thiazole rings is 1. The van der Waals surface area contributed by atoms with Gasteiger partial charge in [-0.05, 0) is 54.4 Å². The van der Waals surface area contributed by atoms with Gasteiger partial charge in [-0.2, -0.15) is 5.10 Å². The van der Waals surface area contributed by atoms with Crippen molar-refractivity contribution in [2.24, 2.45) is 5.10 Å². The van der Waals surface area contributed by atoms with Gasteiger partial charge in [-0.3, -0.25) is 5.43 Å². The monoisotopic (exact) mass is 467 g/mol. The Morgan fingerprint density at radius 3 is 2.52 bits per heavy atom. The molecule has 156 valence electrons. The molecule has 0 aliphatic rings. The molecule has 3 aromatic carbocycles. The lowest BCUT2D eigenvalue weighted by Crippen LogP contribution is -1.96. The van der Waals surface area contributed by atoms with Crippen molar-refractivity contribution in [2.45, 2.75) is 13.5 Å². The minimum absolute atomic E-state index is 0.416. The molecule has 31 heavy (non-hydrogen) atoms. The van der Waals surface area contributed by atoms with Gasteiger partial charge in [-0.15, -0.1) is 11.3 Å². The second-order valence-electron chi connectivity index (χ2n) is 6.88. The third-order valence-electron chi connectivity index (χ3n) is 4.49. The maximum absolute atomic E-state index is 6.04. The predicted octanol–water partition coefficient (Wildman–Crippen LogP) is 7.45. The molecule has 7 heteroatoms. The highest BCUT2D eigenvalue weighted by Gasteiger charge is 2.04.